The van der Waals surface area contributed by atoms with Crippen molar-refractivity contribution in [2.24, 2.45) is 0 Å². The summed E-state index contributed by atoms with van der Waals surface area (Å²) in [7, 11) is 0. The van der Waals surface area contributed by atoms with Gasteiger partial charge in [-0.2, -0.15) is 0 Å². The van der Waals surface area contributed by atoms with Crippen LogP contribution in [0.15, 0.2) is 28.7 Å². The van der Waals surface area contributed by atoms with Crippen molar-refractivity contribution in [3.8, 4) is 0 Å². The van der Waals surface area contributed by atoms with Crippen LogP contribution in [0.5, 0.6) is 0 Å². The van der Waals surface area contributed by atoms with Gasteiger partial charge in [0, 0.05) is 10.9 Å². The molecule has 1 heterocycles. The number of cyclic esters (lactones) is 1. The van der Waals surface area contributed by atoms with Crippen molar-refractivity contribution in [3.63, 3.8) is 0 Å². The molecule has 2 rings (SSSR count). The highest BCUT2D eigenvalue weighted by Crippen LogP contribution is 2.30. The summed E-state index contributed by atoms with van der Waals surface area (Å²) in [6.45, 7) is 0. The van der Waals surface area contributed by atoms with Gasteiger partial charge in [0.15, 0.2) is 0 Å². The first-order valence-corrected chi connectivity index (χ1v) is 5.00. The summed E-state index contributed by atoms with van der Waals surface area (Å²) >= 11 is 3.38. The van der Waals surface area contributed by atoms with Gasteiger partial charge in [0.25, 0.3) is 0 Å². The molecule has 13 heavy (non-hydrogen) atoms. The molecule has 0 unspecified atom stereocenters. The molecule has 0 aromatic heterocycles. The number of ether oxygens (including phenoxy) is 1. The van der Waals surface area contributed by atoms with Gasteiger partial charge in [-0.1, -0.05) is 28.1 Å². The highest BCUT2D eigenvalue weighted by Gasteiger charge is 2.24. The molecular formula is C10H9BrO2. The monoisotopic (exact) mass is 240 g/mol. The molecule has 0 bridgehead atoms. The number of carbonyl (C=O) groups excluding carboxylic acids is 1. The first-order valence-electron chi connectivity index (χ1n) is 4.20. The average molecular weight is 241 g/mol. The van der Waals surface area contributed by atoms with E-state index in [0.717, 1.165) is 16.5 Å². The van der Waals surface area contributed by atoms with E-state index in [9.17, 15) is 4.79 Å². The molecule has 0 amide bonds. The van der Waals surface area contributed by atoms with Crippen molar-refractivity contribution < 1.29 is 9.53 Å². The molecule has 2 nitrogen and oxygen atoms in total. The third-order valence-corrected chi connectivity index (χ3v) is 2.60. The minimum atomic E-state index is -0.0926. The highest BCUT2D eigenvalue weighted by atomic mass is 79.9. The number of rotatable bonds is 1. The molecule has 0 aliphatic carbocycles. The molecule has 0 N–H and O–H groups in total. The third kappa shape index (κ3) is 1.91. The summed E-state index contributed by atoms with van der Waals surface area (Å²) in [4.78, 5) is 10.9. The quantitative estimate of drug-likeness (QED) is 0.706. The molecule has 0 radical (unpaired) electrons. The summed E-state index contributed by atoms with van der Waals surface area (Å²) in [5.41, 5.74) is 1.07. The van der Waals surface area contributed by atoms with Crippen molar-refractivity contribution in [3.05, 3.63) is 34.3 Å². The summed E-state index contributed by atoms with van der Waals surface area (Å²) in [6.07, 6.45) is 1.30. The van der Waals surface area contributed by atoms with Crippen LogP contribution in [0.1, 0.15) is 24.5 Å². The Morgan fingerprint density at radius 1 is 1.46 bits per heavy atom. The van der Waals surface area contributed by atoms with E-state index in [2.05, 4.69) is 15.9 Å². The predicted octanol–water partition coefficient (Wildman–Crippen LogP) is 2.83. The van der Waals surface area contributed by atoms with Crippen LogP contribution in [0.2, 0.25) is 0 Å². The SMILES string of the molecule is O=C1CC[C@H](c2cccc(Br)c2)O1. The number of hydrogen-bond donors (Lipinski definition) is 0. The first-order chi connectivity index (χ1) is 6.25. The molecule has 1 aliphatic rings. The van der Waals surface area contributed by atoms with Gasteiger partial charge in [-0.05, 0) is 24.1 Å². The topological polar surface area (TPSA) is 26.3 Å². The number of halogens is 1. The Kier molecular flexibility index (Phi) is 2.36. The van der Waals surface area contributed by atoms with Crippen molar-refractivity contribution >= 4 is 21.9 Å². The number of benzene rings is 1. The largest absolute Gasteiger partial charge is 0.457 e. The summed E-state index contributed by atoms with van der Waals surface area (Å²) in [5.74, 6) is -0.0926. The standard InChI is InChI=1S/C10H9BrO2/c11-8-3-1-2-7(6-8)9-4-5-10(12)13-9/h1-3,6,9H,4-5H2/t9-/m1/s1. The Balaban J connectivity index is 2.21. The van der Waals surface area contributed by atoms with E-state index in [1.54, 1.807) is 0 Å². The number of hydrogen-bond acceptors (Lipinski definition) is 2. The molecule has 1 saturated heterocycles. The van der Waals surface area contributed by atoms with Gasteiger partial charge in [-0.3, -0.25) is 4.79 Å². The fourth-order valence-electron chi connectivity index (χ4n) is 1.47. The zero-order valence-electron chi connectivity index (χ0n) is 7.00. The smallest absolute Gasteiger partial charge is 0.306 e. The maximum Gasteiger partial charge on any atom is 0.306 e. The van der Waals surface area contributed by atoms with Crippen LogP contribution in [-0.4, -0.2) is 5.97 Å². The summed E-state index contributed by atoms with van der Waals surface area (Å²) in [6, 6.07) is 7.88. The molecule has 1 aromatic carbocycles. The van der Waals surface area contributed by atoms with E-state index in [4.69, 9.17) is 4.74 Å². The van der Waals surface area contributed by atoms with E-state index in [1.165, 1.54) is 0 Å². The Hall–Kier alpha value is -0.830. The molecule has 1 fully saturated rings. The average Bonchev–Trinajstić information content (AvgIpc) is 2.52. The zero-order chi connectivity index (χ0) is 9.26. The normalized spacial score (nSPS) is 21.6. The van der Waals surface area contributed by atoms with Gasteiger partial charge in [0.1, 0.15) is 6.10 Å². The Morgan fingerprint density at radius 3 is 2.92 bits per heavy atom. The number of esters is 1. The van der Waals surface area contributed by atoms with Crippen molar-refractivity contribution in [1.29, 1.82) is 0 Å². The molecule has 1 aliphatic heterocycles. The zero-order valence-corrected chi connectivity index (χ0v) is 8.58. The molecule has 3 heteroatoms. The van der Waals surface area contributed by atoms with E-state index in [-0.39, 0.29) is 12.1 Å². The van der Waals surface area contributed by atoms with Crippen LogP contribution < -0.4 is 0 Å². The van der Waals surface area contributed by atoms with Crippen molar-refractivity contribution in [2.45, 2.75) is 18.9 Å². The Bertz CT molecular complexity index is 335. The van der Waals surface area contributed by atoms with E-state index in [1.807, 2.05) is 24.3 Å². The first kappa shape index (κ1) is 8.75. The molecular weight excluding hydrogens is 232 g/mol. The summed E-state index contributed by atoms with van der Waals surface area (Å²) < 4.78 is 6.16. The fraction of sp³-hybridized carbons (Fsp3) is 0.300. The third-order valence-electron chi connectivity index (χ3n) is 2.10. The van der Waals surface area contributed by atoms with Crippen molar-refractivity contribution in [1.82, 2.24) is 0 Å². The maximum atomic E-state index is 10.9. The molecule has 1 aromatic rings. The van der Waals surface area contributed by atoms with E-state index < -0.39 is 0 Å². The van der Waals surface area contributed by atoms with Gasteiger partial charge < -0.3 is 4.74 Å². The van der Waals surface area contributed by atoms with Crippen molar-refractivity contribution in [2.75, 3.05) is 0 Å². The Labute approximate surface area is 85.0 Å². The van der Waals surface area contributed by atoms with E-state index in [0.29, 0.717) is 6.42 Å². The molecule has 68 valence electrons. The molecule has 0 spiro atoms. The van der Waals surface area contributed by atoms with Crippen LogP contribution in [0.4, 0.5) is 0 Å². The lowest BCUT2D eigenvalue weighted by molar-refractivity contribution is -0.141. The van der Waals surface area contributed by atoms with E-state index >= 15 is 0 Å². The van der Waals surface area contributed by atoms with Gasteiger partial charge >= 0.3 is 5.97 Å². The minimum absolute atomic E-state index is 0.0370. The lowest BCUT2D eigenvalue weighted by Crippen LogP contribution is -1.97. The summed E-state index contributed by atoms with van der Waals surface area (Å²) in [5, 5.41) is 0. The van der Waals surface area contributed by atoms with Crippen LogP contribution >= 0.6 is 15.9 Å². The van der Waals surface area contributed by atoms with Crippen LogP contribution in [0.3, 0.4) is 0 Å². The van der Waals surface area contributed by atoms with Gasteiger partial charge in [0.05, 0.1) is 0 Å². The minimum Gasteiger partial charge on any atom is -0.457 e. The predicted molar refractivity (Wildman–Crippen MR) is 52.2 cm³/mol. The Morgan fingerprint density at radius 2 is 2.31 bits per heavy atom. The van der Waals surface area contributed by atoms with Gasteiger partial charge in [-0.25, -0.2) is 0 Å². The maximum absolute atomic E-state index is 10.9. The van der Waals surface area contributed by atoms with Gasteiger partial charge in [0.2, 0.25) is 0 Å². The lowest BCUT2D eigenvalue weighted by atomic mass is 10.1. The lowest BCUT2D eigenvalue weighted by Gasteiger charge is -2.08. The second-order valence-corrected chi connectivity index (χ2v) is 3.99. The van der Waals surface area contributed by atoms with Crippen LogP contribution in [-0.2, 0) is 9.53 Å². The molecule has 1 atom stereocenters. The van der Waals surface area contributed by atoms with Crippen LogP contribution in [0.25, 0.3) is 0 Å². The highest BCUT2D eigenvalue weighted by molar-refractivity contribution is 9.10. The second kappa shape index (κ2) is 3.50. The van der Waals surface area contributed by atoms with Gasteiger partial charge in [-0.15, -0.1) is 0 Å². The number of carbonyl (C=O) groups is 1. The second-order valence-electron chi connectivity index (χ2n) is 3.07. The molecule has 0 saturated carbocycles. The van der Waals surface area contributed by atoms with Crippen LogP contribution in [0, 0.1) is 0 Å². The fourth-order valence-corrected chi connectivity index (χ4v) is 1.88.